The largest absolute Gasteiger partial charge is 0.462 e. The summed E-state index contributed by atoms with van der Waals surface area (Å²) in [4.78, 5) is 12.2. The minimum absolute atomic E-state index is 0.258. The van der Waals surface area contributed by atoms with Crippen LogP contribution in [0.3, 0.4) is 0 Å². The molecule has 0 bridgehead atoms. The number of anilines is 1. The average Bonchev–Trinajstić information content (AvgIpc) is 2.89. The Morgan fingerprint density at radius 3 is 2.68 bits per heavy atom. The number of carbonyl (C=O) groups excluding carboxylic acids is 1. The van der Waals surface area contributed by atoms with Crippen LogP contribution in [0.25, 0.3) is 11.1 Å². The van der Waals surface area contributed by atoms with E-state index in [0.29, 0.717) is 12.2 Å². The van der Waals surface area contributed by atoms with Crippen molar-refractivity contribution in [3.05, 3.63) is 41.3 Å². The summed E-state index contributed by atoms with van der Waals surface area (Å²) < 4.78 is 5.27. The topological polar surface area (TPSA) is 38.3 Å². The van der Waals surface area contributed by atoms with E-state index in [1.165, 1.54) is 11.3 Å². The third kappa shape index (κ3) is 2.96. The van der Waals surface area contributed by atoms with Gasteiger partial charge in [0.25, 0.3) is 0 Å². The predicted molar refractivity (Wildman–Crippen MR) is 79.9 cm³/mol. The van der Waals surface area contributed by atoms with Crippen molar-refractivity contribution in [1.29, 1.82) is 0 Å². The predicted octanol–water partition coefficient (Wildman–Crippen LogP) is 4.02. The molecule has 4 heteroatoms. The second kappa shape index (κ2) is 6.38. The molecule has 0 spiro atoms. The lowest BCUT2D eigenvalue weighted by molar-refractivity contribution is 0.0507. The van der Waals surface area contributed by atoms with Gasteiger partial charge in [-0.2, -0.15) is 0 Å². The Morgan fingerprint density at radius 1 is 1.32 bits per heavy atom. The Hall–Kier alpha value is -1.81. The number of carbonyl (C=O) groups is 1. The van der Waals surface area contributed by atoms with Gasteiger partial charge in [0, 0.05) is 18.0 Å². The molecule has 1 heterocycles. The van der Waals surface area contributed by atoms with Gasteiger partial charge in [-0.1, -0.05) is 37.3 Å². The molecule has 19 heavy (non-hydrogen) atoms. The summed E-state index contributed by atoms with van der Waals surface area (Å²) in [6.07, 6.45) is 0.825. The molecule has 0 amide bonds. The van der Waals surface area contributed by atoms with Crippen molar-refractivity contribution in [3.8, 4) is 11.1 Å². The Labute approximate surface area is 117 Å². The third-order valence-electron chi connectivity index (χ3n) is 2.74. The summed E-state index contributed by atoms with van der Waals surface area (Å²) in [6, 6.07) is 9.89. The molecule has 0 aliphatic rings. The number of thiophene rings is 1. The van der Waals surface area contributed by atoms with Gasteiger partial charge in [0.2, 0.25) is 0 Å². The maximum absolute atomic E-state index is 12.2. The van der Waals surface area contributed by atoms with E-state index >= 15 is 0 Å². The molecule has 0 fully saturated rings. The highest BCUT2D eigenvalue weighted by Crippen LogP contribution is 2.35. The molecule has 0 aliphatic carbocycles. The molecule has 100 valence electrons. The molecule has 1 aromatic carbocycles. The van der Waals surface area contributed by atoms with Gasteiger partial charge in [-0.05, 0) is 12.0 Å². The van der Waals surface area contributed by atoms with Crippen LogP contribution in [0.5, 0.6) is 0 Å². The van der Waals surface area contributed by atoms with E-state index in [-0.39, 0.29) is 5.97 Å². The van der Waals surface area contributed by atoms with Gasteiger partial charge >= 0.3 is 5.97 Å². The number of esters is 1. The summed E-state index contributed by atoms with van der Waals surface area (Å²) in [5, 5.41) is 5.90. The molecule has 2 aromatic rings. The Morgan fingerprint density at radius 2 is 2.05 bits per heavy atom. The van der Waals surface area contributed by atoms with E-state index in [1.807, 2.05) is 49.7 Å². The van der Waals surface area contributed by atoms with Crippen LogP contribution in [0.2, 0.25) is 0 Å². The Bertz CT molecular complexity index is 549. The normalized spacial score (nSPS) is 10.2. The fourth-order valence-electron chi connectivity index (χ4n) is 1.84. The highest BCUT2D eigenvalue weighted by atomic mass is 32.1. The van der Waals surface area contributed by atoms with Gasteiger partial charge in [-0.25, -0.2) is 4.79 Å². The smallest absolute Gasteiger partial charge is 0.341 e. The lowest BCUT2D eigenvalue weighted by Crippen LogP contribution is -2.08. The average molecular weight is 275 g/mol. The van der Waals surface area contributed by atoms with Crippen molar-refractivity contribution in [2.75, 3.05) is 19.0 Å². The van der Waals surface area contributed by atoms with Crippen LogP contribution in [0.4, 0.5) is 5.00 Å². The molecule has 1 aromatic heterocycles. The highest BCUT2D eigenvalue weighted by molar-refractivity contribution is 7.15. The van der Waals surface area contributed by atoms with E-state index in [9.17, 15) is 4.79 Å². The van der Waals surface area contributed by atoms with Crippen LogP contribution >= 0.6 is 11.3 Å². The van der Waals surface area contributed by atoms with Crippen LogP contribution in [-0.2, 0) is 4.74 Å². The van der Waals surface area contributed by atoms with Crippen LogP contribution in [0, 0.1) is 0 Å². The van der Waals surface area contributed by atoms with Gasteiger partial charge in [0.15, 0.2) is 0 Å². The van der Waals surface area contributed by atoms with Crippen LogP contribution in [0.15, 0.2) is 35.7 Å². The van der Waals surface area contributed by atoms with Crippen molar-refractivity contribution in [2.45, 2.75) is 13.3 Å². The zero-order valence-electron chi connectivity index (χ0n) is 11.1. The zero-order chi connectivity index (χ0) is 13.7. The molecule has 0 atom stereocenters. The number of ether oxygens (including phenoxy) is 1. The van der Waals surface area contributed by atoms with Gasteiger partial charge in [-0.15, -0.1) is 11.3 Å². The zero-order valence-corrected chi connectivity index (χ0v) is 11.9. The molecule has 0 unspecified atom stereocenters. The molecule has 0 aliphatic heterocycles. The first-order valence-corrected chi connectivity index (χ1v) is 7.17. The van der Waals surface area contributed by atoms with Crippen LogP contribution in [-0.4, -0.2) is 19.6 Å². The van der Waals surface area contributed by atoms with Gasteiger partial charge in [0.1, 0.15) is 10.6 Å². The van der Waals surface area contributed by atoms with E-state index in [0.717, 1.165) is 22.5 Å². The van der Waals surface area contributed by atoms with Gasteiger partial charge in [-0.3, -0.25) is 0 Å². The van der Waals surface area contributed by atoms with Crippen molar-refractivity contribution < 1.29 is 9.53 Å². The molecule has 1 N–H and O–H groups in total. The highest BCUT2D eigenvalue weighted by Gasteiger charge is 2.20. The molecule has 3 nitrogen and oxygen atoms in total. The third-order valence-corrected chi connectivity index (χ3v) is 3.74. The van der Waals surface area contributed by atoms with Crippen molar-refractivity contribution in [2.24, 2.45) is 0 Å². The second-order valence-electron chi connectivity index (χ2n) is 4.11. The summed E-state index contributed by atoms with van der Waals surface area (Å²) >= 11 is 1.52. The molecule has 0 saturated heterocycles. The first kappa shape index (κ1) is 13.6. The first-order chi connectivity index (χ1) is 9.27. The minimum Gasteiger partial charge on any atom is -0.462 e. The fraction of sp³-hybridized carbons (Fsp3) is 0.267. The number of hydrogen-bond acceptors (Lipinski definition) is 4. The number of rotatable bonds is 5. The number of nitrogens with one attached hydrogen (secondary N) is 1. The summed E-state index contributed by atoms with van der Waals surface area (Å²) in [5.41, 5.74) is 2.59. The van der Waals surface area contributed by atoms with Crippen LogP contribution < -0.4 is 5.32 Å². The minimum atomic E-state index is -0.258. The van der Waals surface area contributed by atoms with E-state index in [2.05, 4.69) is 5.32 Å². The monoisotopic (exact) mass is 275 g/mol. The SMILES string of the molecule is CCCOC(=O)c1c(-c2ccccc2)csc1NC. The molecule has 2 rings (SSSR count). The lowest BCUT2D eigenvalue weighted by Gasteiger charge is -2.07. The van der Waals surface area contributed by atoms with Crippen molar-refractivity contribution in [1.82, 2.24) is 0 Å². The fourth-order valence-corrected chi connectivity index (χ4v) is 2.76. The van der Waals surface area contributed by atoms with Gasteiger partial charge in [0.05, 0.1) is 6.61 Å². The summed E-state index contributed by atoms with van der Waals surface area (Å²) in [5.74, 6) is -0.258. The Balaban J connectivity index is 2.40. The van der Waals surface area contributed by atoms with E-state index in [4.69, 9.17) is 4.74 Å². The molecule has 0 saturated carbocycles. The first-order valence-electron chi connectivity index (χ1n) is 6.29. The van der Waals surface area contributed by atoms with Crippen LogP contribution in [0.1, 0.15) is 23.7 Å². The van der Waals surface area contributed by atoms with E-state index < -0.39 is 0 Å². The van der Waals surface area contributed by atoms with Gasteiger partial charge < -0.3 is 10.1 Å². The lowest BCUT2D eigenvalue weighted by atomic mass is 10.0. The summed E-state index contributed by atoms with van der Waals surface area (Å²) in [6.45, 7) is 2.43. The van der Waals surface area contributed by atoms with Crippen molar-refractivity contribution >= 4 is 22.3 Å². The second-order valence-corrected chi connectivity index (χ2v) is 4.99. The number of hydrogen-bond donors (Lipinski definition) is 1. The standard InChI is InChI=1S/C15H17NO2S/c1-3-9-18-15(17)13-12(10-19-14(13)16-2)11-7-5-4-6-8-11/h4-8,10,16H,3,9H2,1-2H3. The van der Waals surface area contributed by atoms with E-state index in [1.54, 1.807) is 0 Å². The Kier molecular flexibility index (Phi) is 4.58. The molecule has 0 radical (unpaired) electrons. The van der Waals surface area contributed by atoms with Crippen molar-refractivity contribution in [3.63, 3.8) is 0 Å². The quantitative estimate of drug-likeness (QED) is 0.837. The maximum Gasteiger partial charge on any atom is 0.341 e. The molecular weight excluding hydrogens is 258 g/mol. The maximum atomic E-state index is 12.2. The number of benzene rings is 1. The molecular formula is C15H17NO2S. The summed E-state index contributed by atoms with van der Waals surface area (Å²) in [7, 11) is 1.82.